The van der Waals surface area contributed by atoms with Gasteiger partial charge in [0.2, 0.25) is 17.6 Å². The summed E-state index contributed by atoms with van der Waals surface area (Å²) in [5.41, 5.74) is 0.752. The molecule has 0 aliphatic carbocycles. The van der Waals surface area contributed by atoms with Gasteiger partial charge in [-0.3, -0.25) is 4.79 Å². The number of aromatic nitrogens is 2. The lowest BCUT2D eigenvalue weighted by Gasteiger charge is -2.26. The lowest BCUT2D eigenvalue weighted by Crippen LogP contribution is -2.41. The minimum atomic E-state index is -3.05. The van der Waals surface area contributed by atoms with Crippen molar-refractivity contribution in [3.8, 4) is 17.1 Å². The van der Waals surface area contributed by atoms with Crippen molar-refractivity contribution in [2.75, 3.05) is 25.2 Å². The SMILES string of the molecule is CCN(C(=O)Cc1nc(-c2ccc(OC)cc2)no1)C1CCS(=O)(=O)C1. The van der Waals surface area contributed by atoms with Crippen LogP contribution in [0.25, 0.3) is 11.4 Å². The smallest absolute Gasteiger partial charge is 0.236 e. The number of ether oxygens (including phenoxy) is 1. The zero-order valence-corrected chi connectivity index (χ0v) is 15.5. The van der Waals surface area contributed by atoms with Gasteiger partial charge < -0.3 is 14.2 Å². The minimum Gasteiger partial charge on any atom is -0.497 e. The molecule has 0 bridgehead atoms. The van der Waals surface area contributed by atoms with E-state index in [0.29, 0.717) is 18.8 Å². The fraction of sp³-hybridized carbons (Fsp3) is 0.471. The predicted octanol–water partition coefficient (Wildman–Crippen LogP) is 1.32. The average molecular weight is 379 g/mol. The molecule has 0 saturated carbocycles. The molecular formula is C17H21N3O5S. The third-order valence-corrected chi connectivity index (χ3v) is 6.18. The predicted molar refractivity (Wildman–Crippen MR) is 94.4 cm³/mol. The standard InChI is InChI=1S/C17H21N3O5S/c1-3-20(13-8-9-26(22,23)11-13)16(21)10-15-18-17(19-25-15)12-4-6-14(24-2)7-5-12/h4-7,13H,3,8-11H2,1-2H3. The number of nitrogens with zero attached hydrogens (tertiary/aromatic N) is 3. The van der Waals surface area contributed by atoms with Gasteiger partial charge in [0, 0.05) is 18.2 Å². The van der Waals surface area contributed by atoms with Crippen LogP contribution in [-0.4, -0.2) is 60.6 Å². The van der Waals surface area contributed by atoms with Crippen molar-refractivity contribution in [2.45, 2.75) is 25.8 Å². The molecule has 2 heterocycles. The molecule has 8 nitrogen and oxygen atoms in total. The number of methoxy groups -OCH3 is 1. The summed E-state index contributed by atoms with van der Waals surface area (Å²) in [4.78, 5) is 18.4. The van der Waals surface area contributed by atoms with Gasteiger partial charge in [-0.05, 0) is 37.6 Å². The van der Waals surface area contributed by atoms with E-state index in [9.17, 15) is 13.2 Å². The molecule has 140 valence electrons. The average Bonchev–Trinajstić information content (AvgIpc) is 3.22. The van der Waals surface area contributed by atoms with Gasteiger partial charge in [0.1, 0.15) is 12.2 Å². The lowest BCUT2D eigenvalue weighted by atomic mass is 10.2. The Kier molecular flexibility index (Phi) is 5.26. The molecule has 1 fully saturated rings. The van der Waals surface area contributed by atoms with Crippen molar-refractivity contribution in [1.29, 1.82) is 0 Å². The number of carbonyl (C=O) groups excluding carboxylic acids is 1. The molecule has 1 aliphatic heterocycles. The highest BCUT2D eigenvalue weighted by molar-refractivity contribution is 7.91. The first-order chi connectivity index (χ1) is 12.4. The quantitative estimate of drug-likeness (QED) is 0.746. The number of likely N-dealkylation sites (N-methyl/N-ethyl adjacent to an activating group) is 1. The second kappa shape index (κ2) is 7.45. The van der Waals surface area contributed by atoms with Crippen molar-refractivity contribution in [2.24, 2.45) is 0 Å². The van der Waals surface area contributed by atoms with Crippen LogP contribution >= 0.6 is 0 Å². The molecule has 26 heavy (non-hydrogen) atoms. The normalized spacial score (nSPS) is 18.6. The number of rotatable bonds is 6. The fourth-order valence-corrected chi connectivity index (χ4v) is 4.81. The fourth-order valence-electron chi connectivity index (χ4n) is 3.07. The molecule has 9 heteroatoms. The highest BCUT2D eigenvalue weighted by Gasteiger charge is 2.34. The Labute approximate surface area is 152 Å². The minimum absolute atomic E-state index is 0.0213. The molecule has 2 aromatic rings. The zero-order valence-electron chi connectivity index (χ0n) is 14.7. The summed E-state index contributed by atoms with van der Waals surface area (Å²) in [7, 11) is -1.46. The monoisotopic (exact) mass is 379 g/mol. The Morgan fingerprint density at radius 3 is 2.65 bits per heavy atom. The van der Waals surface area contributed by atoms with Crippen molar-refractivity contribution >= 4 is 15.7 Å². The van der Waals surface area contributed by atoms with Gasteiger partial charge in [0.05, 0.1) is 18.6 Å². The molecule has 3 rings (SSSR count). The third kappa shape index (κ3) is 4.04. The second-order valence-corrected chi connectivity index (χ2v) is 8.38. The van der Waals surface area contributed by atoms with E-state index in [0.717, 1.165) is 11.3 Å². The number of hydrogen-bond acceptors (Lipinski definition) is 7. The second-order valence-electron chi connectivity index (χ2n) is 6.15. The molecule has 1 unspecified atom stereocenters. The largest absolute Gasteiger partial charge is 0.497 e. The van der Waals surface area contributed by atoms with E-state index < -0.39 is 9.84 Å². The molecule has 1 amide bonds. The molecule has 1 aromatic carbocycles. The number of hydrogen-bond donors (Lipinski definition) is 0. The maximum Gasteiger partial charge on any atom is 0.236 e. The van der Waals surface area contributed by atoms with Crippen molar-refractivity contribution in [3.05, 3.63) is 30.2 Å². The number of benzene rings is 1. The molecule has 1 atom stereocenters. The van der Waals surface area contributed by atoms with E-state index in [-0.39, 0.29) is 35.8 Å². The summed E-state index contributed by atoms with van der Waals surface area (Å²) < 4.78 is 33.6. The highest BCUT2D eigenvalue weighted by Crippen LogP contribution is 2.21. The van der Waals surface area contributed by atoms with Gasteiger partial charge in [0.15, 0.2) is 9.84 Å². The van der Waals surface area contributed by atoms with E-state index in [1.807, 2.05) is 6.92 Å². The Morgan fingerprint density at radius 1 is 1.35 bits per heavy atom. The first-order valence-electron chi connectivity index (χ1n) is 8.38. The molecule has 1 saturated heterocycles. The van der Waals surface area contributed by atoms with Gasteiger partial charge in [-0.15, -0.1) is 0 Å². The van der Waals surface area contributed by atoms with Gasteiger partial charge in [-0.1, -0.05) is 5.16 Å². The van der Waals surface area contributed by atoms with Gasteiger partial charge in [0.25, 0.3) is 0 Å². The summed E-state index contributed by atoms with van der Waals surface area (Å²) in [6, 6.07) is 6.90. The van der Waals surface area contributed by atoms with Crippen LogP contribution in [0.15, 0.2) is 28.8 Å². The zero-order chi connectivity index (χ0) is 18.7. The topological polar surface area (TPSA) is 103 Å². The maximum absolute atomic E-state index is 12.6. The first-order valence-corrected chi connectivity index (χ1v) is 10.2. The Bertz CT molecular complexity index is 876. The van der Waals surface area contributed by atoms with Crippen LogP contribution in [0.1, 0.15) is 19.2 Å². The van der Waals surface area contributed by atoms with E-state index >= 15 is 0 Å². The van der Waals surface area contributed by atoms with Gasteiger partial charge >= 0.3 is 0 Å². The van der Waals surface area contributed by atoms with Crippen LogP contribution in [-0.2, 0) is 21.1 Å². The molecular weight excluding hydrogens is 358 g/mol. The van der Waals surface area contributed by atoms with E-state index in [1.54, 1.807) is 36.3 Å². The molecule has 0 radical (unpaired) electrons. The molecule has 0 N–H and O–H groups in total. The summed E-state index contributed by atoms with van der Waals surface area (Å²) >= 11 is 0. The molecule has 0 spiro atoms. The molecule has 1 aromatic heterocycles. The Morgan fingerprint density at radius 2 is 2.08 bits per heavy atom. The van der Waals surface area contributed by atoms with Crippen LogP contribution in [0, 0.1) is 0 Å². The summed E-state index contributed by atoms with van der Waals surface area (Å²) in [5, 5.41) is 3.91. The van der Waals surface area contributed by atoms with E-state index in [1.165, 1.54) is 0 Å². The highest BCUT2D eigenvalue weighted by atomic mass is 32.2. The number of sulfone groups is 1. The number of amides is 1. The van der Waals surface area contributed by atoms with Crippen molar-refractivity contribution < 1.29 is 22.5 Å². The van der Waals surface area contributed by atoms with Crippen molar-refractivity contribution in [3.63, 3.8) is 0 Å². The van der Waals surface area contributed by atoms with Gasteiger partial charge in [-0.2, -0.15) is 4.98 Å². The van der Waals surface area contributed by atoms with Crippen LogP contribution < -0.4 is 4.74 Å². The van der Waals surface area contributed by atoms with Gasteiger partial charge in [-0.25, -0.2) is 8.42 Å². The first kappa shape index (κ1) is 18.4. The van der Waals surface area contributed by atoms with Crippen LogP contribution in [0.2, 0.25) is 0 Å². The Balaban J connectivity index is 1.68. The summed E-state index contributed by atoms with van der Waals surface area (Å²) in [6.45, 7) is 2.28. The third-order valence-electron chi connectivity index (χ3n) is 4.43. The Hall–Kier alpha value is -2.42. The van der Waals surface area contributed by atoms with Crippen LogP contribution in [0.3, 0.4) is 0 Å². The lowest BCUT2D eigenvalue weighted by molar-refractivity contribution is -0.132. The molecule has 1 aliphatic rings. The summed E-state index contributed by atoms with van der Waals surface area (Å²) in [6.07, 6.45) is 0.427. The maximum atomic E-state index is 12.6. The van der Waals surface area contributed by atoms with Crippen LogP contribution in [0.5, 0.6) is 5.75 Å². The van der Waals surface area contributed by atoms with E-state index in [4.69, 9.17) is 9.26 Å². The van der Waals surface area contributed by atoms with E-state index in [2.05, 4.69) is 10.1 Å². The van der Waals surface area contributed by atoms with Crippen LogP contribution in [0.4, 0.5) is 0 Å². The number of carbonyl (C=O) groups is 1. The summed E-state index contributed by atoms with van der Waals surface area (Å²) in [5.74, 6) is 1.26. The van der Waals surface area contributed by atoms with Crippen molar-refractivity contribution in [1.82, 2.24) is 15.0 Å².